The summed E-state index contributed by atoms with van der Waals surface area (Å²) in [5.41, 5.74) is 1.93. The molecule has 1 fully saturated rings. The molecule has 0 unspecified atom stereocenters. The van der Waals surface area contributed by atoms with E-state index in [1.54, 1.807) is 24.3 Å². The molecule has 30 heavy (non-hydrogen) atoms. The summed E-state index contributed by atoms with van der Waals surface area (Å²) in [6.07, 6.45) is 0. The maximum absolute atomic E-state index is 12.5. The van der Waals surface area contributed by atoms with Crippen molar-refractivity contribution >= 4 is 63.8 Å². The van der Waals surface area contributed by atoms with Crippen LogP contribution in [0.15, 0.2) is 36.4 Å². The lowest BCUT2D eigenvalue weighted by Gasteiger charge is -2.31. The molecule has 1 saturated heterocycles. The molecule has 0 aliphatic carbocycles. The summed E-state index contributed by atoms with van der Waals surface area (Å²) in [6.45, 7) is 2.55. The van der Waals surface area contributed by atoms with Gasteiger partial charge in [-0.3, -0.25) is 10.1 Å². The van der Waals surface area contributed by atoms with Crippen LogP contribution in [0, 0.1) is 0 Å². The molecule has 1 heterocycles. The van der Waals surface area contributed by atoms with Gasteiger partial charge in [-0.05, 0) is 48.6 Å². The maximum atomic E-state index is 12.5. The SMILES string of the molecule is COC(=O)c1ccc(N2CCOCC2)c(NC(=S)NC(=O)c2cc(Cl)ccc2Cl)c1. The van der Waals surface area contributed by atoms with Crippen LogP contribution in [0.1, 0.15) is 20.7 Å². The highest BCUT2D eigenvalue weighted by Gasteiger charge is 2.19. The molecule has 0 atom stereocenters. The van der Waals surface area contributed by atoms with Gasteiger partial charge in [0.1, 0.15) is 0 Å². The topological polar surface area (TPSA) is 79.9 Å². The molecule has 1 aliphatic heterocycles. The van der Waals surface area contributed by atoms with E-state index in [-0.39, 0.29) is 15.7 Å². The molecule has 2 aromatic carbocycles. The number of nitrogens with zero attached hydrogens (tertiary/aromatic N) is 1. The van der Waals surface area contributed by atoms with E-state index >= 15 is 0 Å². The number of thiocarbonyl (C=S) groups is 1. The van der Waals surface area contributed by atoms with E-state index in [0.717, 1.165) is 5.69 Å². The van der Waals surface area contributed by atoms with Crippen LogP contribution >= 0.6 is 35.4 Å². The molecule has 2 N–H and O–H groups in total. The number of ether oxygens (including phenoxy) is 2. The highest BCUT2D eigenvalue weighted by atomic mass is 35.5. The molecule has 7 nitrogen and oxygen atoms in total. The second kappa shape index (κ2) is 10.1. The number of methoxy groups -OCH3 is 1. The summed E-state index contributed by atoms with van der Waals surface area (Å²) >= 11 is 17.3. The van der Waals surface area contributed by atoms with Crippen LogP contribution < -0.4 is 15.5 Å². The second-order valence-corrected chi connectivity index (χ2v) is 7.61. The third kappa shape index (κ3) is 5.40. The first-order valence-corrected chi connectivity index (χ1v) is 10.2. The summed E-state index contributed by atoms with van der Waals surface area (Å²) in [5, 5.41) is 6.26. The third-order valence-corrected chi connectivity index (χ3v) is 5.19. The fourth-order valence-corrected chi connectivity index (χ4v) is 3.53. The van der Waals surface area contributed by atoms with Crippen molar-refractivity contribution in [3.63, 3.8) is 0 Å². The van der Waals surface area contributed by atoms with Crippen LogP contribution in [0.3, 0.4) is 0 Å². The number of hydrogen-bond acceptors (Lipinski definition) is 6. The van der Waals surface area contributed by atoms with Crippen LogP contribution in [0.25, 0.3) is 0 Å². The summed E-state index contributed by atoms with van der Waals surface area (Å²) in [7, 11) is 1.31. The number of hydrogen-bond donors (Lipinski definition) is 2. The lowest BCUT2D eigenvalue weighted by Crippen LogP contribution is -2.38. The fourth-order valence-electron chi connectivity index (χ4n) is 2.96. The van der Waals surface area contributed by atoms with Crippen molar-refractivity contribution in [2.75, 3.05) is 43.6 Å². The van der Waals surface area contributed by atoms with E-state index in [1.807, 2.05) is 0 Å². The second-order valence-electron chi connectivity index (χ2n) is 6.36. The molecule has 0 spiro atoms. The Kier molecular flexibility index (Phi) is 7.49. The lowest BCUT2D eigenvalue weighted by molar-refractivity contribution is 0.0600. The molecule has 10 heteroatoms. The van der Waals surface area contributed by atoms with E-state index in [1.165, 1.54) is 19.2 Å². The van der Waals surface area contributed by atoms with E-state index < -0.39 is 11.9 Å². The fraction of sp³-hybridized carbons (Fsp3) is 0.250. The first-order chi connectivity index (χ1) is 14.4. The Hall–Kier alpha value is -2.39. The number of amides is 1. The average molecular weight is 468 g/mol. The van der Waals surface area contributed by atoms with Crippen LogP contribution in [0.4, 0.5) is 11.4 Å². The molecule has 0 saturated carbocycles. The average Bonchev–Trinajstić information content (AvgIpc) is 2.75. The molecule has 0 aromatic heterocycles. The number of esters is 1. The smallest absolute Gasteiger partial charge is 0.337 e. The Balaban J connectivity index is 1.82. The summed E-state index contributed by atoms with van der Waals surface area (Å²) in [6, 6.07) is 9.68. The van der Waals surface area contributed by atoms with Gasteiger partial charge in [-0.2, -0.15) is 0 Å². The molecule has 0 bridgehead atoms. The van der Waals surface area contributed by atoms with E-state index in [9.17, 15) is 9.59 Å². The zero-order chi connectivity index (χ0) is 21.7. The Morgan fingerprint density at radius 3 is 2.57 bits per heavy atom. The minimum Gasteiger partial charge on any atom is -0.465 e. The van der Waals surface area contributed by atoms with Gasteiger partial charge >= 0.3 is 5.97 Å². The van der Waals surface area contributed by atoms with Crippen molar-refractivity contribution in [3.8, 4) is 0 Å². The van der Waals surface area contributed by atoms with Gasteiger partial charge in [0.05, 0.1) is 47.8 Å². The summed E-state index contributed by atoms with van der Waals surface area (Å²) < 4.78 is 10.2. The summed E-state index contributed by atoms with van der Waals surface area (Å²) in [4.78, 5) is 26.6. The van der Waals surface area contributed by atoms with Gasteiger partial charge < -0.3 is 19.7 Å². The van der Waals surface area contributed by atoms with Crippen LogP contribution in [0.2, 0.25) is 10.0 Å². The predicted octanol–water partition coefficient (Wildman–Crippen LogP) is 3.74. The number of rotatable bonds is 4. The molecule has 1 amide bonds. The van der Waals surface area contributed by atoms with E-state index in [4.69, 9.17) is 44.9 Å². The number of nitrogens with one attached hydrogen (secondary N) is 2. The molecular weight excluding hydrogens is 449 g/mol. The van der Waals surface area contributed by atoms with Gasteiger partial charge in [0.2, 0.25) is 0 Å². The van der Waals surface area contributed by atoms with Gasteiger partial charge in [0.15, 0.2) is 5.11 Å². The highest BCUT2D eigenvalue weighted by Crippen LogP contribution is 2.28. The number of benzene rings is 2. The van der Waals surface area contributed by atoms with Crippen molar-refractivity contribution in [1.82, 2.24) is 5.32 Å². The van der Waals surface area contributed by atoms with Crippen molar-refractivity contribution in [3.05, 3.63) is 57.6 Å². The van der Waals surface area contributed by atoms with E-state index in [2.05, 4.69) is 15.5 Å². The minimum absolute atomic E-state index is 0.0487. The van der Waals surface area contributed by atoms with Gasteiger partial charge in [0, 0.05) is 18.1 Å². The van der Waals surface area contributed by atoms with Crippen LogP contribution in [-0.2, 0) is 9.47 Å². The number of carbonyl (C=O) groups excluding carboxylic acids is 2. The predicted molar refractivity (Wildman–Crippen MR) is 121 cm³/mol. The lowest BCUT2D eigenvalue weighted by atomic mass is 10.1. The van der Waals surface area contributed by atoms with Gasteiger partial charge in [-0.25, -0.2) is 4.79 Å². The molecular formula is C20H19Cl2N3O4S. The maximum Gasteiger partial charge on any atom is 0.337 e. The highest BCUT2D eigenvalue weighted by molar-refractivity contribution is 7.80. The van der Waals surface area contributed by atoms with Crippen molar-refractivity contribution in [1.29, 1.82) is 0 Å². The number of carbonyl (C=O) groups is 2. The van der Waals surface area contributed by atoms with Crippen LogP contribution in [-0.4, -0.2) is 50.4 Å². The monoisotopic (exact) mass is 467 g/mol. The molecule has 3 rings (SSSR count). The Morgan fingerprint density at radius 1 is 1.13 bits per heavy atom. The Morgan fingerprint density at radius 2 is 1.87 bits per heavy atom. The molecule has 158 valence electrons. The standard InChI is InChI=1S/C20H19Cl2N3O4S/c1-28-19(27)12-2-5-17(25-6-8-29-9-7-25)16(10-12)23-20(30)24-18(26)14-11-13(21)3-4-15(14)22/h2-5,10-11H,6-9H2,1H3,(H2,23,24,26,30). The quantitative estimate of drug-likeness (QED) is 0.523. The first kappa shape index (κ1) is 22.3. The number of morpholine rings is 1. The van der Waals surface area contributed by atoms with Gasteiger partial charge in [-0.15, -0.1) is 0 Å². The first-order valence-electron chi connectivity index (χ1n) is 9.01. The Labute approximate surface area is 189 Å². The Bertz CT molecular complexity index is 981. The van der Waals surface area contributed by atoms with Crippen LogP contribution in [0.5, 0.6) is 0 Å². The van der Waals surface area contributed by atoms with Gasteiger partial charge in [-0.1, -0.05) is 23.2 Å². The van der Waals surface area contributed by atoms with Crippen molar-refractivity contribution < 1.29 is 19.1 Å². The zero-order valence-corrected chi connectivity index (χ0v) is 18.4. The minimum atomic E-state index is -0.503. The zero-order valence-electron chi connectivity index (χ0n) is 16.0. The molecule has 1 aliphatic rings. The molecule has 2 aromatic rings. The van der Waals surface area contributed by atoms with Crippen molar-refractivity contribution in [2.45, 2.75) is 0 Å². The third-order valence-electron chi connectivity index (χ3n) is 4.42. The molecule has 0 radical (unpaired) electrons. The van der Waals surface area contributed by atoms with E-state index in [0.29, 0.717) is 42.6 Å². The summed E-state index contributed by atoms with van der Waals surface area (Å²) in [5.74, 6) is -0.982. The van der Waals surface area contributed by atoms with Gasteiger partial charge in [0.25, 0.3) is 5.91 Å². The number of anilines is 2. The van der Waals surface area contributed by atoms with Crippen molar-refractivity contribution in [2.24, 2.45) is 0 Å². The largest absolute Gasteiger partial charge is 0.465 e. The number of halogens is 2. The normalized spacial score (nSPS) is 13.5.